The molecule has 3 rings (SSSR count). The summed E-state index contributed by atoms with van der Waals surface area (Å²) in [5.41, 5.74) is 0. The maximum Gasteiger partial charge on any atom is 0.232 e. The molecule has 0 bridgehead atoms. The van der Waals surface area contributed by atoms with Crippen molar-refractivity contribution in [3.05, 3.63) is 24.5 Å². The third-order valence-corrected chi connectivity index (χ3v) is 5.98. The average Bonchev–Trinajstić information content (AvgIpc) is 2.87. The third-order valence-electron chi connectivity index (χ3n) is 4.99. The van der Waals surface area contributed by atoms with Gasteiger partial charge in [0.05, 0.1) is 5.75 Å². The number of amides is 1. The lowest BCUT2D eigenvalue weighted by atomic mass is 9.94. The molecule has 0 radical (unpaired) electrons. The highest BCUT2D eigenvalue weighted by molar-refractivity contribution is 8.00. The maximum absolute atomic E-state index is 12.5. The first-order valence-electron chi connectivity index (χ1n) is 8.87. The van der Waals surface area contributed by atoms with Crippen molar-refractivity contribution in [1.29, 1.82) is 0 Å². The van der Waals surface area contributed by atoms with Gasteiger partial charge in [0, 0.05) is 49.5 Å². The normalized spacial score (nSPS) is 21.1. The summed E-state index contributed by atoms with van der Waals surface area (Å²) in [4.78, 5) is 22.3. The van der Waals surface area contributed by atoms with E-state index in [4.69, 9.17) is 0 Å². The fraction of sp³-hybridized carbons (Fsp3) is 0.667. The van der Waals surface area contributed by atoms with Crippen molar-refractivity contribution in [2.24, 2.45) is 0 Å². The van der Waals surface area contributed by atoms with Gasteiger partial charge in [-0.3, -0.25) is 14.7 Å². The molecular weight excluding hydrogens is 306 g/mol. The summed E-state index contributed by atoms with van der Waals surface area (Å²) in [5, 5.41) is 0. The first-order valence-corrected chi connectivity index (χ1v) is 9.86. The number of carbonyl (C=O) groups is 1. The average molecular weight is 334 g/mol. The number of thioether (sulfide) groups is 1. The van der Waals surface area contributed by atoms with Gasteiger partial charge in [-0.1, -0.05) is 19.3 Å². The predicted molar refractivity (Wildman–Crippen MR) is 94.6 cm³/mol. The first kappa shape index (κ1) is 16.8. The van der Waals surface area contributed by atoms with Crippen molar-refractivity contribution in [3.63, 3.8) is 0 Å². The number of pyridine rings is 1. The highest BCUT2D eigenvalue weighted by atomic mass is 32.2. The summed E-state index contributed by atoms with van der Waals surface area (Å²) in [6.07, 6.45) is 11.5. The quantitative estimate of drug-likeness (QED) is 0.794. The second kappa shape index (κ2) is 8.69. The number of nitrogens with zero attached hydrogens (tertiary/aromatic N) is 3. The molecule has 0 unspecified atom stereocenters. The van der Waals surface area contributed by atoms with E-state index in [2.05, 4.69) is 14.8 Å². The molecular formula is C18H27N3OS. The third kappa shape index (κ3) is 4.95. The minimum absolute atomic E-state index is 0.275. The molecule has 1 saturated carbocycles. The molecule has 2 heterocycles. The Morgan fingerprint density at radius 3 is 2.61 bits per heavy atom. The molecule has 23 heavy (non-hydrogen) atoms. The molecule has 4 nitrogen and oxygen atoms in total. The van der Waals surface area contributed by atoms with Crippen LogP contribution in [0.1, 0.15) is 38.5 Å². The fourth-order valence-corrected chi connectivity index (χ4v) is 4.46. The molecule has 0 N–H and O–H groups in total. The van der Waals surface area contributed by atoms with Crippen LogP contribution in [-0.2, 0) is 4.79 Å². The van der Waals surface area contributed by atoms with Crippen LogP contribution in [0, 0.1) is 0 Å². The van der Waals surface area contributed by atoms with Gasteiger partial charge in [-0.25, -0.2) is 0 Å². The van der Waals surface area contributed by atoms with Crippen LogP contribution >= 0.6 is 11.8 Å². The van der Waals surface area contributed by atoms with Crippen molar-refractivity contribution in [3.8, 4) is 0 Å². The van der Waals surface area contributed by atoms with Gasteiger partial charge < -0.3 is 4.90 Å². The summed E-state index contributed by atoms with van der Waals surface area (Å²) < 4.78 is 0. The van der Waals surface area contributed by atoms with Crippen LogP contribution in [0.5, 0.6) is 0 Å². The van der Waals surface area contributed by atoms with E-state index in [0.717, 1.165) is 43.5 Å². The van der Waals surface area contributed by atoms with Crippen LogP contribution in [0.15, 0.2) is 29.4 Å². The predicted octanol–water partition coefficient (Wildman–Crippen LogP) is 3.04. The van der Waals surface area contributed by atoms with Crippen molar-refractivity contribution in [1.82, 2.24) is 14.8 Å². The number of rotatable bonds is 4. The van der Waals surface area contributed by atoms with Gasteiger partial charge in [0.25, 0.3) is 0 Å². The number of hydrogen-bond acceptors (Lipinski definition) is 4. The molecule has 0 spiro atoms. The number of aromatic nitrogens is 1. The largest absolute Gasteiger partial charge is 0.341 e. The van der Waals surface area contributed by atoms with E-state index in [1.807, 2.05) is 12.1 Å². The lowest BCUT2D eigenvalue weighted by Crippen LogP contribution is -2.40. The van der Waals surface area contributed by atoms with Crippen molar-refractivity contribution in [2.45, 2.75) is 49.5 Å². The SMILES string of the molecule is O=C(CSc1ccncc1)N1CCCN(C2CCCCC2)CC1. The van der Waals surface area contributed by atoms with Gasteiger partial charge in [-0.2, -0.15) is 0 Å². The molecule has 1 aliphatic carbocycles. The Balaban J connectivity index is 1.46. The molecule has 5 heteroatoms. The van der Waals surface area contributed by atoms with Crippen molar-refractivity contribution in [2.75, 3.05) is 31.9 Å². The second-order valence-corrected chi connectivity index (χ2v) is 7.58. The Morgan fingerprint density at radius 1 is 1.04 bits per heavy atom. The molecule has 1 aromatic rings. The summed E-state index contributed by atoms with van der Waals surface area (Å²) in [6, 6.07) is 4.70. The van der Waals surface area contributed by atoms with E-state index >= 15 is 0 Å². The Morgan fingerprint density at radius 2 is 1.83 bits per heavy atom. The van der Waals surface area contributed by atoms with E-state index in [-0.39, 0.29) is 5.91 Å². The van der Waals surface area contributed by atoms with Gasteiger partial charge in [-0.05, 0) is 31.4 Å². The van der Waals surface area contributed by atoms with Gasteiger partial charge in [0.1, 0.15) is 0 Å². The molecule has 2 aliphatic rings. The van der Waals surface area contributed by atoms with Crippen LogP contribution in [0.4, 0.5) is 0 Å². The molecule has 0 atom stereocenters. The maximum atomic E-state index is 12.5. The van der Waals surface area contributed by atoms with Crippen LogP contribution < -0.4 is 0 Å². The fourth-order valence-electron chi connectivity index (χ4n) is 3.67. The smallest absolute Gasteiger partial charge is 0.232 e. The van der Waals surface area contributed by atoms with Gasteiger partial charge in [0.2, 0.25) is 5.91 Å². The number of hydrogen-bond donors (Lipinski definition) is 0. The zero-order chi connectivity index (χ0) is 15.9. The molecule has 1 amide bonds. The van der Waals surface area contributed by atoms with E-state index < -0.39 is 0 Å². The standard InChI is InChI=1S/C18H27N3OS/c22-18(15-23-17-7-9-19-10-8-17)21-12-4-11-20(13-14-21)16-5-2-1-3-6-16/h7-10,16H,1-6,11-15H2. The van der Waals surface area contributed by atoms with Gasteiger partial charge in [0.15, 0.2) is 0 Å². The molecule has 1 saturated heterocycles. The zero-order valence-corrected chi connectivity index (χ0v) is 14.6. The zero-order valence-electron chi connectivity index (χ0n) is 13.8. The van der Waals surface area contributed by atoms with E-state index in [9.17, 15) is 4.79 Å². The van der Waals surface area contributed by atoms with Gasteiger partial charge >= 0.3 is 0 Å². The molecule has 2 fully saturated rings. The molecule has 1 aliphatic heterocycles. The highest BCUT2D eigenvalue weighted by Gasteiger charge is 2.25. The summed E-state index contributed by atoms with van der Waals surface area (Å²) >= 11 is 1.61. The van der Waals surface area contributed by atoms with Crippen LogP contribution in [-0.4, -0.2) is 58.7 Å². The van der Waals surface area contributed by atoms with Crippen molar-refractivity contribution >= 4 is 17.7 Å². The lowest BCUT2D eigenvalue weighted by Gasteiger charge is -2.33. The topological polar surface area (TPSA) is 36.4 Å². The van der Waals surface area contributed by atoms with Crippen LogP contribution in [0.2, 0.25) is 0 Å². The highest BCUT2D eigenvalue weighted by Crippen LogP contribution is 2.24. The Labute approximate surface area is 143 Å². The molecule has 1 aromatic heterocycles. The first-order chi connectivity index (χ1) is 11.3. The minimum atomic E-state index is 0.275. The Bertz CT molecular complexity index is 490. The van der Waals surface area contributed by atoms with Crippen molar-refractivity contribution < 1.29 is 4.79 Å². The Hall–Kier alpha value is -1.07. The van der Waals surface area contributed by atoms with Crippen LogP contribution in [0.3, 0.4) is 0 Å². The lowest BCUT2D eigenvalue weighted by molar-refractivity contribution is -0.128. The van der Waals surface area contributed by atoms with E-state index in [0.29, 0.717) is 5.75 Å². The summed E-state index contributed by atoms with van der Waals surface area (Å²) in [6.45, 7) is 4.02. The van der Waals surface area contributed by atoms with Crippen LogP contribution in [0.25, 0.3) is 0 Å². The van der Waals surface area contributed by atoms with E-state index in [1.54, 1.807) is 24.2 Å². The molecule has 0 aromatic carbocycles. The minimum Gasteiger partial charge on any atom is -0.341 e. The Kier molecular flexibility index (Phi) is 6.34. The number of carbonyl (C=O) groups excluding carboxylic acids is 1. The summed E-state index contributed by atoms with van der Waals surface area (Å²) in [5.74, 6) is 0.810. The summed E-state index contributed by atoms with van der Waals surface area (Å²) in [7, 11) is 0. The monoisotopic (exact) mass is 333 g/mol. The van der Waals surface area contributed by atoms with Gasteiger partial charge in [-0.15, -0.1) is 11.8 Å². The van der Waals surface area contributed by atoms with E-state index in [1.165, 1.54) is 32.1 Å². The second-order valence-electron chi connectivity index (χ2n) is 6.53. The molecule has 126 valence electrons.